The lowest BCUT2D eigenvalue weighted by molar-refractivity contribution is -0.149. The Kier molecular flexibility index (Phi) is 8.56. The van der Waals surface area contributed by atoms with E-state index in [0.717, 1.165) is 5.56 Å². The molecule has 9 heteroatoms. The van der Waals surface area contributed by atoms with Crippen molar-refractivity contribution in [3.8, 4) is 5.75 Å². The predicted octanol–water partition coefficient (Wildman–Crippen LogP) is 3.12. The van der Waals surface area contributed by atoms with Gasteiger partial charge in [-0.15, -0.1) is 0 Å². The van der Waals surface area contributed by atoms with E-state index in [1.807, 2.05) is 12.1 Å². The normalized spacial score (nSPS) is 10.7. The van der Waals surface area contributed by atoms with Crippen LogP contribution >= 0.6 is 0 Å². The van der Waals surface area contributed by atoms with E-state index in [0.29, 0.717) is 5.75 Å². The molecule has 0 spiro atoms. The van der Waals surface area contributed by atoms with Crippen LogP contribution in [0.2, 0.25) is 0 Å². The predicted molar refractivity (Wildman–Crippen MR) is 119 cm³/mol. The van der Waals surface area contributed by atoms with Crippen LogP contribution in [0.25, 0.3) is 0 Å². The van der Waals surface area contributed by atoms with E-state index in [-0.39, 0.29) is 28.8 Å². The molecule has 0 fully saturated rings. The molecule has 0 atom stereocenters. The third kappa shape index (κ3) is 7.64. The molecule has 2 aromatic rings. The number of ether oxygens (including phenoxy) is 4. The largest absolute Gasteiger partial charge is 0.482 e. The molecule has 9 nitrogen and oxygen atoms in total. The Morgan fingerprint density at radius 3 is 1.85 bits per heavy atom. The topological polar surface area (TPSA) is 117 Å². The van der Waals surface area contributed by atoms with Gasteiger partial charge >= 0.3 is 17.9 Å². The fourth-order valence-electron chi connectivity index (χ4n) is 2.75. The van der Waals surface area contributed by atoms with Crippen LogP contribution in [0.4, 0.5) is 5.69 Å². The SMILES string of the molecule is COC(=O)c1cc(NC(=O)COC(=O)COc2ccc(C(C)(C)C)cc2)cc(C(=O)OC)c1. The van der Waals surface area contributed by atoms with Crippen LogP contribution in [0.3, 0.4) is 0 Å². The van der Waals surface area contributed by atoms with Crippen molar-refractivity contribution in [1.82, 2.24) is 0 Å². The molecule has 176 valence electrons. The summed E-state index contributed by atoms with van der Waals surface area (Å²) in [7, 11) is 2.37. The molecule has 0 saturated carbocycles. The Morgan fingerprint density at radius 1 is 0.818 bits per heavy atom. The standard InChI is InChI=1S/C24H27NO8/c1-24(2,3)17-6-8-19(9-7-17)32-14-21(27)33-13-20(26)25-18-11-15(22(28)30-4)10-16(12-18)23(29)31-5/h6-12H,13-14H2,1-5H3,(H,25,26). The van der Waals surface area contributed by atoms with Crippen molar-refractivity contribution in [2.75, 3.05) is 32.8 Å². The molecule has 33 heavy (non-hydrogen) atoms. The molecular weight excluding hydrogens is 430 g/mol. The molecule has 1 N–H and O–H groups in total. The lowest BCUT2D eigenvalue weighted by Gasteiger charge is -2.19. The van der Waals surface area contributed by atoms with Crippen molar-refractivity contribution in [2.45, 2.75) is 26.2 Å². The van der Waals surface area contributed by atoms with Crippen molar-refractivity contribution in [3.63, 3.8) is 0 Å². The smallest absolute Gasteiger partial charge is 0.344 e. The van der Waals surface area contributed by atoms with Gasteiger partial charge in [0.1, 0.15) is 5.75 Å². The lowest BCUT2D eigenvalue weighted by atomic mass is 9.87. The highest BCUT2D eigenvalue weighted by molar-refractivity contribution is 6.00. The second-order valence-electron chi connectivity index (χ2n) is 8.05. The van der Waals surface area contributed by atoms with Gasteiger partial charge in [0.05, 0.1) is 25.3 Å². The van der Waals surface area contributed by atoms with Crippen LogP contribution in [-0.2, 0) is 29.2 Å². The van der Waals surface area contributed by atoms with E-state index in [4.69, 9.17) is 9.47 Å². The molecule has 0 unspecified atom stereocenters. The van der Waals surface area contributed by atoms with Crippen LogP contribution in [-0.4, -0.2) is 51.2 Å². The van der Waals surface area contributed by atoms with E-state index in [1.54, 1.807) is 12.1 Å². The number of carbonyl (C=O) groups is 4. The Bertz CT molecular complexity index is 988. The van der Waals surface area contributed by atoms with Gasteiger partial charge in [-0.3, -0.25) is 4.79 Å². The molecular formula is C24H27NO8. The highest BCUT2D eigenvalue weighted by Crippen LogP contribution is 2.24. The van der Waals surface area contributed by atoms with Crippen molar-refractivity contribution in [1.29, 1.82) is 0 Å². The molecule has 0 aliphatic carbocycles. The summed E-state index contributed by atoms with van der Waals surface area (Å²) in [5, 5.41) is 2.46. The average molecular weight is 457 g/mol. The molecule has 1 amide bonds. The van der Waals surface area contributed by atoms with E-state index in [2.05, 4.69) is 35.6 Å². The fraction of sp³-hybridized carbons (Fsp3) is 0.333. The Balaban J connectivity index is 1.91. The van der Waals surface area contributed by atoms with Crippen molar-refractivity contribution in [2.24, 2.45) is 0 Å². The molecule has 0 aliphatic rings. The molecule has 0 saturated heterocycles. The minimum Gasteiger partial charge on any atom is -0.482 e. The van der Waals surface area contributed by atoms with Crippen LogP contribution in [0, 0.1) is 0 Å². The van der Waals surface area contributed by atoms with E-state index in [1.165, 1.54) is 32.4 Å². The van der Waals surface area contributed by atoms with Gasteiger partial charge in [-0.05, 0) is 41.3 Å². The number of anilines is 1. The van der Waals surface area contributed by atoms with E-state index >= 15 is 0 Å². The molecule has 0 radical (unpaired) electrons. The molecule has 0 aromatic heterocycles. The van der Waals surface area contributed by atoms with Gasteiger partial charge in [0.2, 0.25) is 0 Å². The Morgan fingerprint density at radius 2 is 1.36 bits per heavy atom. The molecule has 0 heterocycles. The van der Waals surface area contributed by atoms with Gasteiger partial charge in [0.25, 0.3) is 5.91 Å². The summed E-state index contributed by atoms with van der Waals surface area (Å²) in [5.41, 5.74) is 1.34. The highest BCUT2D eigenvalue weighted by atomic mass is 16.6. The summed E-state index contributed by atoms with van der Waals surface area (Å²) >= 11 is 0. The first-order valence-corrected chi connectivity index (χ1v) is 10.0. The summed E-state index contributed by atoms with van der Waals surface area (Å²) in [4.78, 5) is 47.7. The maximum atomic E-state index is 12.2. The third-order valence-electron chi connectivity index (χ3n) is 4.50. The van der Waals surface area contributed by atoms with Crippen molar-refractivity contribution >= 4 is 29.5 Å². The first-order valence-electron chi connectivity index (χ1n) is 10.0. The molecule has 2 aromatic carbocycles. The van der Waals surface area contributed by atoms with Gasteiger partial charge in [0.15, 0.2) is 13.2 Å². The average Bonchev–Trinajstić information content (AvgIpc) is 2.79. The fourth-order valence-corrected chi connectivity index (χ4v) is 2.75. The number of hydrogen-bond acceptors (Lipinski definition) is 8. The zero-order valence-electron chi connectivity index (χ0n) is 19.2. The number of carbonyl (C=O) groups excluding carboxylic acids is 4. The van der Waals surface area contributed by atoms with Gasteiger partial charge < -0.3 is 24.3 Å². The minimum atomic E-state index is -0.733. The zero-order chi connectivity index (χ0) is 24.6. The maximum Gasteiger partial charge on any atom is 0.344 e. The molecule has 2 rings (SSSR count). The zero-order valence-corrected chi connectivity index (χ0v) is 19.2. The van der Waals surface area contributed by atoms with Gasteiger partial charge in [-0.1, -0.05) is 32.9 Å². The maximum absolute atomic E-state index is 12.2. The number of benzene rings is 2. The number of hydrogen-bond donors (Lipinski definition) is 1. The van der Waals surface area contributed by atoms with Gasteiger partial charge in [0, 0.05) is 5.69 Å². The summed E-state index contributed by atoms with van der Waals surface area (Å²) in [6.07, 6.45) is 0. The number of methoxy groups -OCH3 is 2. The van der Waals surface area contributed by atoms with Crippen LogP contribution in [0.5, 0.6) is 5.75 Å². The van der Waals surface area contributed by atoms with E-state index in [9.17, 15) is 19.2 Å². The van der Waals surface area contributed by atoms with Gasteiger partial charge in [-0.2, -0.15) is 0 Å². The first kappa shape index (κ1) is 25.4. The van der Waals surface area contributed by atoms with Crippen molar-refractivity contribution in [3.05, 3.63) is 59.2 Å². The van der Waals surface area contributed by atoms with Crippen molar-refractivity contribution < 1.29 is 38.1 Å². The monoisotopic (exact) mass is 457 g/mol. The second kappa shape index (κ2) is 11.1. The Labute approximate surface area is 192 Å². The lowest BCUT2D eigenvalue weighted by Crippen LogP contribution is -2.24. The molecule has 0 aliphatic heterocycles. The number of amides is 1. The number of rotatable bonds is 8. The third-order valence-corrected chi connectivity index (χ3v) is 4.50. The second-order valence-corrected chi connectivity index (χ2v) is 8.05. The summed E-state index contributed by atoms with van der Waals surface area (Å²) < 4.78 is 19.6. The summed E-state index contributed by atoms with van der Waals surface area (Å²) in [6.45, 7) is 5.32. The number of esters is 3. The first-order chi connectivity index (χ1) is 15.5. The van der Waals surface area contributed by atoms with Crippen LogP contribution in [0.15, 0.2) is 42.5 Å². The highest BCUT2D eigenvalue weighted by Gasteiger charge is 2.16. The minimum absolute atomic E-state index is 0.00118. The van der Waals surface area contributed by atoms with E-state index < -0.39 is 30.4 Å². The summed E-state index contributed by atoms with van der Waals surface area (Å²) in [6, 6.07) is 11.3. The quantitative estimate of drug-likeness (QED) is 0.475. The summed E-state index contributed by atoms with van der Waals surface area (Å²) in [5.74, 6) is -2.30. The molecule has 0 bridgehead atoms. The Hall–Kier alpha value is -3.88. The van der Waals surface area contributed by atoms with Crippen LogP contribution < -0.4 is 10.1 Å². The number of nitrogens with one attached hydrogen (secondary N) is 1. The van der Waals surface area contributed by atoms with Gasteiger partial charge in [-0.25, -0.2) is 14.4 Å². The van der Waals surface area contributed by atoms with Crippen LogP contribution in [0.1, 0.15) is 47.1 Å².